The molecule has 0 bridgehead atoms. The summed E-state index contributed by atoms with van der Waals surface area (Å²) in [7, 11) is 0. The molecule has 0 aliphatic carbocycles. The number of anilines is 2. The van der Waals surface area contributed by atoms with Crippen molar-refractivity contribution in [1.82, 2.24) is 4.98 Å². The molecule has 1 N–H and O–H groups in total. The number of aromatic nitrogens is 1. The van der Waals surface area contributed by atoms with Crippen LogP contribution in [-0.2, 0) is 0 Å². The van der Waals surface area contributed by atoms with Crippen molar-refractivity contribution in [3.05, 3.63) is 64.0 Å². The van der Waals surface area contributed by atoms with Crippen LogP contribution in [0.25, 0.3) is 11.3 Å². The molecule has 4 heteroatoms. The molecule has 0 saturated carbocycles. The van der Waals surface area contributed by atoms with E-state index in [1.807, 2.05) is 24.3 Å². The number of rotatable bonds is 3. The van der Waals surface area contributed by atoms with Gasteiger partial charge in [0.2, 0.25) is 0 Å². The summed E-state index contributed by atoms with van der Waals surface area (Å²) >= 11 is 7.48. The van der Waals surface area contributed by atoms with Crippen molar-refractivity contribution in [2.45, 2.75) is 13.8 Å². The highest BCUT2D eigenvalue weighted by Gasteiger charge is 2.06. The van der Waals surface area contributed by atoms with Crippen LogP contribution in [0.5, 0.6) is 0 Å². The molecule has 21 heavy (non-hydrogen) atoms. The number of nitrogens with one attached hydrogen (secondary N) is 1. The minimum Gasteiger partial charge on any atom is -0.332 e. The second-order valence-electron chi connectivity index (χ2n) is 4.97. The fourth-order valence-corrected chi connectivity index (χ4v) is 2.89. The van der Waals surface area contributed by atoms with E-state index < -0.39 is 0 Å². The van der Waals surface area contributed by atoms with E-state index in [1.165, 1.54) is 11.1 Å². The molecule has 2 nitrogen and oxygen atoms in total. The van der Waals surface area contributed by atoms with Crippen LogP contribution < -0.4 is 5.32 Å². The number of hydrogen-bond acceptors (Lipinski definition) is 3. The molecular formula is C17H15ClN2S. The van der Waals surface area contributed by atoms with Crippen molar-refractivity contribution < 1.29 is 0 Å². The first-order chi connectivity index (χ1) is 10.1. The summed E-state index contributed by atoms with van der Waals surface area (Å²) in [6, 6.07) is 14.0. The molecule has 0 spiro atoms. The standard InChI is InChI=1S/C17H15ClN2S/c1-11-3-4-13(9-12(11)2)16-10-21-17(20-16)19-15-7-5-14(18)6-8-15/h3-10H,1-2H3,(H,19,20). The molecule has 3 rings (SSSR count). The van der Waals surface area contributed by atoms with Gasteiger partial charge < -0.3 is 5.32 Å². The molecule has 0 aliphatic heterocycles. The fraction of sp³-hybridized carbons (Fsp3) is 0.118. The van der Waals surface area contributed by atoms with Gasteiger partial charge in [0, 0.05) is 21.7 Å². The molecule has 1 heterocycles. The van der Waals surface area contributed by atoms with E-state index in [2.05, 4.69) is 47.7 Å². The van der Waals surface area contributed by atoms with Crippen molar-refractivity contribution >= 4 is 33.8 Å². The first-order valence-electron chi connectivity index (χ1n) is 6.67. The van der Waals surface area contributed by atoms with Crippen LogP contribution in [0.4, 0.5) is 10.8 Å². The lowest BCUT2D eigenvalue weighted by atomic mass is 10.1. The predicted octanol–water partition coefficient (Wildman–Crippen LogP) is 5.82. The Morgan fingerprint density at radius 2 is 1.76 bits per heavy atom. The summed E-state index contributed by atoms with van der Waals surface area (Å²) in [6.45, 7) is 4.24. The van der Waals surface area contributed by atoms with Crippen LogP contribution in [0.2, 0.25) is 5.02 Å². The van der Waals surface area contributed by atoms with Crippen LogP contribution >= 0.6 is 22.9 Å². The van der Waals surface area contributed by atoms with Crippen molar-refractivity contribution in [3.63, 3.8) is 0 Å². The predicted molar refractivity (Wildman–Crippen MR) is 91.8 cm³/mol. The van der Waals surface area contributed by atoms with Crippen molar-refractivity contribution in [2.75, 3.05) is 5.32 Å². The molecule has 1 aromatic heterocycles. The molecular weight excluding hydrogens is 300 g/mol. The molecule has 0 atom stereocenters. The molecule has 106 valence electrons. The maximum Gasteiger partial charge on any atom is 0.187 e. The summed E-state index contributed by atoms with van der Waals surface area (Å²) in [4.78, 5) is 4.64. The maximum absolute atomic E-state index is 5.89. The normalized spacial score (nSPS) is 10.6. The van der Waals surface area contributed by atoms with Gasteiger partial charge in [-0.05, 0) is 55.3 Å². The van der Waals surface area contributed by atoms with Crippen LogP contribution in [0.1, 0.15) is 11.1 Å². The second kappa shape index (κ2) is 5.88. The highest BCUT2D eigenvalue weighted by atomic mass is 35.5. The van der Waals surface area contributed by atoms with Crippen molar-refractivity contribution in [1.29, 1.82) is 0 Å². The van der Waals surface area contributed by atoms with Crippen molar-refractivity contribution in [2.24, 2.45) is 0 Å². The van der Waals surface area contributed by atoms with E-state index in [-0.39, 0.29) is 0 Å². The summed E-state index contributed by atoms with van der Waals surface area (Å²) in [5.74, 6) is 0. The summed E-state index contributed by atoms with van der Waals surface area (Å²) < 4.78 is 0. The summed E-state index contributed by atoms with van der Waals surface area (Å²) in [5.41, 5.74) is 5.72. The quantitative estimate of drug-likeness (QED) is 0.658. The van der Waals surface area contributed by atoms with Gasteiger partial charge in [-0.2, -0.15) is 0 Å². The number of thiazole rings is 1. The van der Waals surface area contributed by atoms with Crippen LogP contribution in [0.3, 0.4) is 0 Å². The Morgan fingerprint density at radius 1 is 1.00 bits per heavy atom. The molecule has 0 radical (unpaired) electrons. The van der Waals surface area contributed by atoms with E-state index in [0.29, 0.717) is 0 Å². The highest BCUT2D eigenvalue weighted by molar-refractivity contribution is 7.14. The smallest absolute Gasteiger partial charge is 0.187 e. The minimum absolute atomic E-state index is 0.732. The first kappa shape index (κ1) is 14.1. The highest BCUT2D eigenvalue weighted by Crippen LogP contribution is 2.28. The van der Waals surface area contributed by atoms with Gasteiger partial charge in [0.25, 0.3) is 0 Å². The monoisotopic (exact) mass is 314 g/mol. The lowest BCUT2D eigenvalue weighted by Crippen LogP contribution is -1.89. The molecule has 0 aliphatic rings. The Kier molecular flexibility index (Phi) is 3.95. The number of benzene rings is 2. The third kappa shape index (κ3) is 3.26. The van der Waals surface area contributed by atoms with Gasteiger partial charge in [0.1, 0.15) is 0 Å². The van der Waals surface area contributed by atoms with Gasteiger partial charge in [-0.1, -0.05) is 23.7 Å². The number of nitrogens with zero attached hydrogens (tertiary/aromatic N) is 1. The Morgan fingerprint density at radius 3 is 2.48 bits per heavy atom. The van der Waals surface area contributed by atoms with Crippen LogP contribution in [0.15, 0.2) is 47.8 Å². The average molecular weight is 315 g/mol. The third-order valence-corrected chi connectivity index (χ3v) is 4.41. The van der Waals surface area contributed by atoms with Gasteiger partial charge in [0.15, 0.2) is 5.13 Å². The van der Waals surface area contributed by atoms with E-state index in [0.717, 1.165) is 27.1 Å². The number of hydrogen-bond donors (Lipinski definition) is 1. The van der Waals surface area contributed by atoms with Crippen LogP contribution in [0, 0.1) is 13.8 Å². The Hall–Kier alpha value is -1.84. The van der Waals surface area contributed by atoms with Gasteiger partial charge in [0.05, 0.1) is 5.69 Å². The SMILES string of the molecule is Cc1ccc(-c2csc(Nc3ccc(Cl)cc3)n2)cc1C. The largest absolute Gasteiger partial charge is 0.332 e. The van der Waals surface area contributed by atoms with E-state index in [9.17, 15) is 0 Å². The Bertz CT molecular complexity index is 763. The van der Waals surface area contributed by atoms with E-state index >= 15 is 0 Å². The van der Waals surface area contributed by atoms with Gasteiger partial charge >= 0.3 is 0 Å². The molecule has 3 aromatic rings. The summed E-state index contributed by atoms with van der Waals surface area (Å²) in [6.07, 6.45) is 0. The Balaban J connectivity index is 1.82. The molecule has 0 amide bonds. The van der Waals surface area contributed by atoms with Gasteiger partial charge in [-0.3, -0.25) is 0 Å². The van der Waals surface area contributed by atoms with Crippen LogP contribution in [-0.4, -0.2) is 4.98 Å². The molecule has 2 aromatic carbocycles. The average Bonchev–Trinajstić information content (AvgIpc) is 2.93. The third-order valence-electron chi connectivity index (χ3n) is 3.40. The van der Waals surface area contributed by atoms with Gasteiger partial charge in [-0.25, -0.2) is 4.98 Å². The van der Waals surface area contributed by atoms with Gasteiger partial charge in [-0.15, -0.1) is 11.3 Å². The lowest BCUT2D eigenvalue weighted by Gasteiger charge is -2.03. The van der Waals surface area contributed by atoms with Crippen molar-refractivity contribution in [3.8, 4) is 11.3 Å². The fourth-order valence-electron chi connectivity index (χ4n) is 2.02. The number of halogens is 1. The second-order valence-corrected chi connectivity index (χ2v) is 6.26. The lowest BCUT2D eigenvalue weighted by molar-refractivity contribution is 1.32. The molecule has 0 saturated heterocycles. The van der Waals surface area contributed by atoms with E-state index in [1.54, 1.807) is 11.3 Å². The van der Waals surface area contributed by atoms with E-state index in [4.69, 9.17) is 11.6 Å². The zero-order valence-corrected chi connectivity index (χ0v) is 13.4. The summed E-state index contributed by atoms with van der Waals surface area (Å²) in [5, 5.41) is 6.98. The maximum atomic E-state index is 5.89. The zero-order valence-electron chi connectivity index (χ0n) is 11.9. The topological polar surface area (TPSA) is 24.9 Å². The zero-order chi connectivity index (χ0) is 14.8. The Labute approximate surface area is 133 Å². The first-order valence-corrected chi connectivity index (χ1v) is 7.93. The molecule has 0 unspecified atom stereocenters. The number of aryl methyl sites for hydroxylation is 2. The molecule has 0 fully saturated rings. The minimum atomic E-state index is 0.732.